The van der Waals surface area contributed by atoms with E-state index in [9.17, 15) is 22.8 Å². The van der Waals surface area contributed by atoms with Gasteiger partial charge in [-0.25, -0.2) is 14.8 Å². The fourth-order valence-electron chi connectivity index (χ4n) is 3.00. The Hall–Kier alpha value is -3.43. The molecule has 7 nitrogen and oxygen atoms in total. The molecule has 0 saturated carbocycles. The molecule has 32 heavy (non-hydrogen) atoms. The van der Waals surface area contributed by atoms with Crippen LogP contribution in [0.4, 0.5) is 13.2 Å². The van der Waals surface area contributed by atoms with E-state index in [0.29, 0.717) is 0 Å². The van der Waals surface area contributed by atoms with Gasteiger partial charge < -0.3 is 14.5 Å². The number of rotatable bonds is 4. The van der Waals surface area contributed by atoms with Crippen molar-refractivity contribution in [2.75, 3.05) is 0 Å². The summed E-state index contributed by atoms with van der Waals surface area (Å²) in [6.07, 6.45) is -5.88. The number of fused-ring (bicyclic) bond motifs is 1. The molecule has 0 bridgehead atoms. The third-order valence-corrected chi connectivity index (χ3v) is 4.35. The lowest BCUT2D eigenvalue weighted by Crippen LogP contribution is -2.23. The molecule has 1 atom stereocenters. The maximum Gasteiger partial charge on any atom is 0.433 e. The standard InChI is InChI=1S/C22H22F3N3O4/c1-11(31-14-8-6-13(7-9-14)20(30)32-21(3,4)5)15-10-16-18(26-12(2)27-19(16)29)28-17(15)22(23,24)25/h6-11H,1-5H3,(H,26,27,28,29). The largest absolute Gasteiger partial charge is 0.486 e. The van der Waals surface area contributed by atoms with Crippen molar-refractivity contribution in [3.63, 3.8) is 0 Å². The molecule has 2 heterocycles. The maximum absolute atomic E-state index is 13.7. The van der Waals surface area contributed by atoms with Gasteiger partial charge in [0.25, 0.3) is 5.56 Å². The fraction of sp³-hybridized carbons (Fsp3) is 0.364. The molecule has 0 aliphatic heterocycles. The number of halogens is 3. The maximum atomic E-state index is 13.7. The number of benzene rings is 1. The first-order valence-electron chi connectivity index (χ1n) is 9.73. The molecule has 2 aromatic heterocycles. The predicted octanol–water partition coefficient (Wildman–Crippen LogP) is 4.74. The van der Waals surface area contributed by atoms with Crippen molar-refractivity contribution in [3.8, 4) is 5.75 Å². The fourth-order valence-corrected chi connectivity index (χ4v) is 3.00. The Morgan fingerprint density at radius 3 is 2.28 bits per heavy atom. The van der Waals surface area contributed by atoms with Gasteiger partial charge in [0.1, 0.15) is 23.3 Å². The number of nitrogens with zero attached hydrogens (tertiary/aromatic N) is 2. The molecule has 3 aromatic rings. The van der Waals surface area contributed by atoms with Crippen LogP contribution in [0.1, 0.15) is 61.2 Å². The number of alkyl halides is 3. The van der Waals surface area contributed by atoms with Crippen LogP contribution < -0.4 is 10.3 Å². The lowest BCUT2D eigenvalue weighted by atomic mass is 10.1. The summed E-state index contributed by atoms with van der Waals surface area (Å²) < 4.78 is 51.9. The van der Waals surface area contributed by atoms with Crippen LogP contribution in [0.25, 0.3) is 11.0 Å². The second-order valence-electron chi connectivity index (χ2n) is 8.23. The lowest BCUT2D eigenvalue weighted by molar-refractivity contribution is -0.142. The first-order valence-corrected chi connectivity index (χ1v) is 9.73. The first kappa shape index (κ1) is 23.2. The molecular weight excluding hydrogens is 427 g/mol. The Labute approximate surface area is 181 Å². The molecule has 1 N–H and O–H groups in total. The number of hydrogen-bond donors (Lipinski definition) is 1. The van der Waals surface area contributed by atoms with Crippen molar-refractivity contribution in [1.82, 2.24) is 15.0 Å². The van der Waals surface area contributed by atoms with E-state index in [2.05, 4.69) is 15.0 Å². The summed E-state index contributed by atoms with van der Waals surface area (Å²) in [5.74, 6) is -0.142. The molecule has 0 radical (unpaired) electrons. The van der Waals surface area contributed by atoms with Crippen LogP contribution in [0.3, 0.4) is 0 Å². The van der Waals surface area contributed by atoms with E-state index in [4.69, 9.17) is 9.47 Å². The van der Waals surface area contributed by atoms with Crippen LogP contribution in [-0.4, -0.2) is 26.5 Å². The highest BCUT2D eigenvalue weighted by Gasteiger charge is 2.38. The Morgan fingerprint density at radius 2 is 1.72 bits per heavy atom. The highest BCUT2D eigenvalue weighted by molar-refractivity contribution is 5.89. The number of ether oxygens (including phenoxy) is 2. The average molecular weight is 449 g/mol. The molecule has 1 unspecified atom stereocenters. The van der Waals surface area contributed by atoms with E-state index >= 15 is 0 Å². The smallest absolute Gasteiger partial charge is 0.433 e. The van der Waals surface area contributed by atoms with E-state index in [0.717, 1.165) is 6.07 Å². The Bertz CT molecular complexity index is 1210. The number of hydrogen-bond acceptors (Lipinski definition) is 6. The van der Waals surface area contributed by atoms with E-state index in [-0.39, 0.29) is 33.7 Å². The average Bonchev–Trinajstić information content (AvgIpc) is 2.65. The second kappa shape index (κ2) is 8.25. The van der Waals surface area contributed by atoms with Crippen LogP contribution in [0.5, 0.6) is 5.75 Å². The summed E-state index contributed by atoms with van der Waals surface area (Å²) >= 11 is 0. The molecular formula is C22H22F3N3O4. The number of carbonyl (C=O) groups is 1. The summed E-state index contributed by atoms with van der Waals surface area (Å²) in [6.45, 7) is 8.08. The zero-order chi connectivity index (χ0) is 23.8. The van der Waals surface area contributed by atoms with E-state index < -0.39 is 35.1 Å². The Balaban J connectivity index is 1.93. The molecule has 0 aliphatic rings. The van der Waals surface area contributed by atoms with Gasteiger partial charge in [-0.3, -0.25) is 4.79 Å². The van der Waals surface area contributed by atoms with Gasteiger partial charge in [0.2, 0.25) is 0 Å². The highest BCUT2D eigenvalue weighted by Crippen LogP contribution is 2.35. The number of H-pyrrole nitrogens is 1. The van der Waals surface area contributed by atoms with Gasteiger partial charge in [-0.1, -0.05) is 0 Å². The topological polar surface area (TPSA) is 94.2 Å². The van der Waals surface area contributed by atoms with E-state index in [1.807, 2.05) is 0 Å². The van der Waals surface area contributed by atoms with Crippen LogP contribution in [0, 0.1) is 6.92 Å². The number of aromatic amines is 1. The summed E-state index contributed by atoms with van der Waals surface area (Å²) in [5, 5.41) is -0.0747. The third-order valence-electron chi connectivity index (χ3n) is 4.35. The minimum absolute atomic E-state index is 0.0747. The van der Waals surface area contributed by atoms with Crippen molar-refractivity contribution in [1.29, 1.82) is 0 Å². The molecule has 3 rings (SSSR count). The molecule has 0 spiro atoms. The molecule has 0 saturated heterocycles. The molecule has 0 amide bonds. The minimum Gasteiger partial charge on any atom is -0.486 e. The van der Waals surface area contributed by atoms with Crippen molar-refractivity contribution < 1.29 is 27.4 Å². The SMILES string of the molecule is Cc1nc2nc(C(F)(F)F)c(C(C)Oc3ccc(C(=O)OC(C)(C)C)cc3)cc2c(=O)[nH]1. The van der Waals surface area contributed by atoms with Crippen LogP contribution in [0.15, 0.2) is 35.1 Å². The van der Waals surface area contributed by atoms with Crippen LogP contribution in [0.2, 0.25) is 0 Å². The van der Waals surface area contributed by atoms with E-state index in [1.165, 1.54) is 38.1 Å². The monoisotopic (exact) mass is 449 g/mol. The summed E-state index contributed by atoms with van der Waals surface area (Å²) in [4.78, 5) is 34.3. The predicted molar refractivity (Wildman–Crippen MR) is 111 cm³/mol. The Kier molecular flexibility index (Phi) is 5.99. The molecule has 10 heteroatoms. The van der Waals surface area contributed by atoms with Crippen molar-refractivity contribution in [2.24, 2.45) is 0 Å². The van der Waals surface area contributed by atoms with Crippen molar-refractivity contribution in [2.45, 2.75) is 52.5 Å². The van der Waals surface area contributed by atoms with E-state index in [1.54, 1.807) is 20.8 Å². The van der Waals surface area contributed by atoms with Gasteiger partial charge in [-0.15, -0.1) is 0 Å². The summed E-state index contributed by atoms with van der Waals surface area (Å²) in [6, 6.07) is 6.91. The van der Waals surface area contributed by atoms with Gasteiger partial charge in [-0.2, -0.15) is 13.2 Å². The zero-order valence-corrected chi connectivity index (χ0v) is 18.1. The van der Waals surface area contributed by atoms with Crippen LogP contribution in [-0.2, 0) is 10.9 Å². The minimum atomic E-state index is -4.78. The van der Waals surface area contributed by atoms with Gasteiger partial charge in [0, 0.05) is 5.56 Å². The third kappa shape index (κ3) is 5.24. The number of aryl methyl sites for hydroxylation is 1. The normalized spacial score (nSPS) is 13.1. The van der Waals surface area contributed by atoms with Gasteiger partial charge in [0.05, 0.1) is 10.9 Å². The number of carbonyl (C=O) groups excluding carboxylic acids is 1. The van der Waals surface area contributed by atoms with Crippen LogP contribution >= 0.6 is 0 Å². The molecule has 0 fully saturated rings. The van der Waals surface area contributed by atoms with Crippen molar-refractivity contribution >= 4 is 17.0 Å². The number of esters is 1. The molecule has 0 aliphatic carbocycles. The summed E-state index contributed by atoms with van der Waals surface area (Å²) in [7, 11) is 0. The van der Waals surface area contributed by atoms with Crippen molar-refractivity contribution in [3.05, 3.63) is 63.3 Å². The second-order valence-corrected chi connectivity index (χ2v) is 8.23. The highest BCUT2D eigenvalue weighted by atomic mass is 19.4. The number of pyridine rings is 1. The van der Waals surface area contributed by atoms with Gasteiger partial charge in [0.15, 0.2) is 11.3 Å². The van der Waals surface area contributed by atoms with Gasteiger partial charge >= 0.3 is 12.1 Å². The lowest BCUT2D eigenvalue weighted by Gasteiger charge is -2.20. The number of aromatic nitrogens is 3. The molecule has 1 aromatic carbocycles. The Morgan fingerprint density at radius 1 is 1.09 bits per heavy atom. The van der Waals surface area contributed by atoms with Gasteiger partial charge in [-0.05, 0) is 65.0 Å². The summed E-state index contributed by atoms with van der Waals surface area (Å²) in [5.41, 5.74) is -2.77. The zero-order valence-electron chi connectivity index (χ0n) is 18.1. The first-order chi connectivity index (χ1) is 14.7. The quantitative estimate of drug-likeness (QED) is 0.578. The molecule has 170 valence electrons. The number of nitrogens with one attached hydrogen (secondary N) is 1.